The average Bonchev–Trinajstić information content (AvgIpc) is 2.21. The fourth-order valence-corrected chi connectivity index (χ4v) is 0.350. The second-order valence-electron chi connectivity index (χ2n) is 1.41. The van der Waals surface area contributed by atoms with E-state index in [9.17, 15) is 0 Å². The van der Waals surface area contributed by atoms with Gasteiger partial charge in [0, 0.05) is 7.11 Å². The molecule has 0 aromatic heterocycles. The maximum Gasteiger partial charge on any atom is 0.104 e. The van der Waals surface area contributed by atoms with Gasteiger partial charge in [0.15, 0.2) is 0 Å². The first-order valence-electron chi connectivity index (χ1n) is 2.04. The summed E-state index contributed by atoms with van der Waals surface area (Å²) < 4.78 is 9.56. The highest BCUT2D eigenvalue weighted by Crippen LogP contribution is 2.06. The summed E-state index contributed by atoms with van der Waals surface area (Å²) in [5.74, 6) is 0. The monoisotopic (exact) mass is 104 g/mol. The molecule has 0 radical (unpaired) electrons. The minimum atomic E-state index is 0. The molecule has 0 aromatic carbocycles. The molecule has 0 amide bonds. The van der Waals surface area contributed by atoms with Gasteiger partial charge in [-0.05, 0) is 0 Å². The predicted molar refractivity (Wildman–Crippen MR) is 28.3 cm³/mol. The Kier molecular flexibility index (Phi) is 2.96. The molecule has 0 aromatic rings. The third kappa shape index (κ3) is 2.60. The van der Waals surface area contributed by atoms with E-state index in [1.54, 1.807) is 7.11 Å². The number of epoxide rings is 1. The average molecular weight is 104 g/mol. The second kappa shape index (κ2) is 2.99. The molecule has 1 saturated heterocycles. The van der Waals surface area contributed by atoms with Crippen molar-refractivity contribution in [2.75, 3.05) is 20.3 Å². The van der Waals surface area contributed by atoms with Gasteiger partial charge < -0.3 is 9.47 Å². The summed E-state index contributed by atoms with van der Waals surface area (Å²) in [6.07, 6.45) is 0.426. The Labute approximate surface area is 44.4 Å². The molecule has 1 heterocycles. The van der Waals surface area contributed by atoms with Crippen molar-refractivity contribution in [1.82, 2.24) is 0 Å². The molecule has 0 aliphatic carbocycles. The van der Waals surface area contributed by atoms with Crippen molar-refractivity contribution < 1.29 is 9.47 Å². The molecule has 0 N–H and O–H groups in total. The minimum absolute atomic E-state index is 0. The van der Waals surface area contributed by atoms with Crippen molar-refractivity contribution in [1.29, 1.82) is 0 Å². The van der Waals surface area contributed by atoms with Crippen LogP contribution in [0, 0.1) is 0 Å². The number of rotatable bonds is 2. The normalized spacial score (nSPS) is 26.1. The van der Waals surface area contributed by atoms with Gasteiger partial charge in [-0.25, -0.2) is 0 Å². The van der Waals surface area contributed by atoms with E-state index < -0.39 is 0 Å². The number of methoxy groups -OCH3 is 1. The Hall–Kier alpha value is -0.0800. The van der Waals surface area contributed by atoms with Crippen molar-refractivity contribution >= 4 is 0 Å². The highest BCUT2D eigenvalue weighted by molar-refractivity contribution is 4.66. The van der Waals surface area contributed by atoms with Crippen LogP contribution in [-0.4, -0.2) is 26.4 Å². The third-order valence-electron chi connectivity index (χ3n) is 0.755. The zero-order chi connectivity index (χ0) is 4.41. The molecule has 2 heteroatoms. The van der Waals surface area contributed by atoms with Gasteiger partial charge in [-0.15, -0.1) is 0 Å². The van der Waals surface area contributed by atoms with Gasteiger partial charge in [-0.1, -0.05) is 7.43 Å². The van der Waals surface area contributed by atoms with Crippen LogP contribution >= 0.6 is 0 Å². The maximum absolute atomic E-state index is 4.82. The van der Waals surface area contributed by atoms with E-state index in [2.05, 4.69) is 0 Å². The first-order valence-corrected chi connectivity index (χ1v) is 2.04. The molecule has 44 valence electrons. The lowest BCUT2D eigenvalue weighted by Crippen LogP contribution is -1.94. The van der Waals surface area contributed by atoms with Crippen molar-refractivity contribution in [3.05, 3.63) is 0 Å². The number of hydrogen-bond donors (Lipinski definition) is 0. The first kappa shape index (κ1) is 6.92. The Morgan fingerprint density at radius 2 is 2.43 bits per heavy atom. The van der Waals surface area contributed by atoms with Gasteiger partial charge in [-0.3, -0.25) is 0 Å². The van der Waals surface area contributed by atoms with E-state index in [1.165, 1.54) is 0 Å². The standard InChI is InChI=1S/C4H8O2.CH4/c1-5-2-4-3-6-4;/h4H,2-3H2,1H3;1H4. The van der Waals surface area contributed by atoms with Gasteiger partial charge >= 0.3 is 0 Å². The number of ether oxygens (including phenoxy) is 2. The van der Waals surface area contributed by atoms with Crippen LogP contribution in [0.2, 0.25) is 0 Å². The Morgan fingerprint density at radius 1 is 1.86 bits per heavy atom. The highest BCUT2D eigenvalue weighted by Gasteiger charge is 2.21. The predicted octanol–water partition coefficient (Wildman–Crippen LogP) is 0.668. The van der Waals surface area contributed by atoms with E-state index in [1.807, 2.05) is 0 Å². The fourth-order valence-electron chi connectivity index (χ4n) is 0.350. The van der Waals surface area contributed by atoms with E-state index in [0.717, 1.165) is 13.2 Å². The van der Waals surface area contributed by atoms with Crippen LogP contribution in [0.5, 0.6) is 0 Å². The van der Waals surface area contributed by atoms with Gasteiger partial charge in [0.05, 0.1) is 13.2 Å². The van der Waals surface area contributed by atoms with Gasteiger partial charge in [0.1, 0.15) is 6.10 Å². The van der Waals surface area contributed by atoms with Crippen LogP contribution in [0.15, 0.2) is 0 Å². The summed E-state index contributed by atoms with van der Waals surface area (Å²) in [6.45, 7) is 1.66. The third-order valence-corrected chi connectivity index (χ3v) is 0.755. The highest BCUT2D eigenvalue weighted by atomic mass is 16.6. The Bertz CT molecular complexity index is 41.3. The van der Waals surface area contributed by atoms with E-state index in [4.69, 9.17) is 9.47 Å². The van der Waals surface area contributed by atoms with Crippen LogP contribution in [0.25, 0.3) is 0 Å². The smallest absolute Gasteiger partial charge is 0.104 e. The van der Waals surface area contributed by atoms with Crippen molar-refractivity contribution in [3.8, 4) is 0 Å². The molecule has 0 bridgehead atoms. The van der Waals surface area contributed by atoms with Crippen molar-refractivity contribution in [2.24, 2.45) is 0 Å². The fraction of sp³-hybridized carbons (Fsp3) is 1.00. The molecule has 7 heavy (non-hydrogen) atoms. The van der Waals surface area contributed by atoms with Crippen LogP contribution in [0.1, 0.15) is 7.43 Å². The molecule has 0 saturated carbocycles. The Morgan fingerprint density at radius 3 is 2.57 bits per heavy atom. The summed E-state index contributed by atoms with van der Waals surface area (Å²) in [5, 5.41) is 0. The topological polar surface area (TPSA) is 21.8 Å². The zero-order valence-corrected chi connectivity index (χ0v) is 3.81. The van der Waals surface area contributed by atoms with Crippen molar-refractivity contribution in [2.45, 2.75) is 13.5 Å². The molecular formula is C5H12O2. The lowest BCUT2D eigenvalue weighted by atomic mass is 10.5. The summed E-state index contributed by atoms with van der Waals surface area (Å²) in [7, 11) is 1.68. The van der Waals surface area contributed by atoms with Crippen LogP contribution in [0.4, 0.5) is 0 Å². The first-order chi connectivity index (χ1) is 2.93. The lowest BCUT2D eigenvalue weighted by molar-refractivity contribution is 0.171. The summed E-state index contributed by atoms with van der Waals surface area (Å²) in [5.41, 5.74) is 0. The Balaban J connectivity index is 0.000000360. The van der Waals surface area contributed by atoms with Gasteiger partial charge in [0.25, 0.3) is 0 Å². The largest absolute Gasteiger partial charge is 0.382 e. The number of hydrogen-bond acceptors (Lipinski definition) is 2. The molecule has 1 aliphatic heterocycles. The van der Waals surface area contributed by atoms with Crippen LogP contribution in [-0.2, 0) is 9.47 Å². The second-order valence-corrected chi connectivity index (χ2v) is 1.41. The van der Waals surface area contributed by atoms with Gasteiger partial charge in [0.2, 0.25) is 0 Å². The van der Waals surface area contributed by atoms with Crippen molar-refractivity contribution in [3.63, 3.8) is 0 Å². The zero-order valence-electron chi connectivity index (χ0n) is 3.81. The minimum Gasteiger partial charge on any atom is -0.382 e. The summed E-state index contributed by atoms with van der Waals surface area (Å²) >= 11 is 0. The van der Waals surface area contributed by atoms with E-state index in [0.29, 0.717) is 6.10 Å². The molecule has 1 aliphatic rings. The van der Waals surface area contributed by atoms with Crippen LogP contribution < -0.4 is 0 Å². The van der Waals surface area contributed by atoms with E-state index in [-0.39, 0.29) is 7.43 Å². The molecule has 1 fully saturated rings. The molecule has 2 nitrogen and oxygen atoms in total. The molecule has 1 unspecified atom stereocenters. The molecule has 1 rings (SSSR count). The SMILES string of the molecule is C.COCC1CO1. The molecule has 0 spiro atoms. The van der Waals surface area contributed by atoms with Crippen LogP contribution in [0.3, 0.4) is 0 Å². The maximum atomic E-state index is 4.82. The molecular weight excluding hydrogens is 92.1 g/mol. The lowest BCUT2D eigenvalue weighted by Gasteiger charge is -1.84. The summed E-state index contributed by atoms with van der Waals surface area (Å²) in [6, 6.07) is 0. The van der Waals surface area contributed by atoms with E-state index >= 15 is 0 Å². The summed E-state index contributed by atoms with van der Waals surface area (Å²) in [4.78, 5) is 0. The van der Waals surface area contributed by atoms with Gasteiger partial charge in [-0.2, -0.15) is 0 Å². The molecule has 1 atom stereocenters. The quantitative estimate of drug-likeness (QED) is 0.480.